The number of allylic oxidation sites excluding steroid dienone is 26. The van der Waals surface area contributed by atoms with Crippen LogP contribution in [0.2, 0.25) is 0 Å². The van der Waals surface area contributed by atoms with E-state index in [1.807, 2.05) is 91.1 Å². The van der Waals surface area contributed by atoms with Crippen LogP contribution in [0.5, 0.6) is 0 Å². The largest absolute Gasteiger partial charge is 0.462 e. The van der Waals surface area contributed by atoms with Gasteiger partial charge in [-0.2, -0.15) is 0 Å². The van der Waals surface area contributed by atoms with Gasteiger partial charge in [0.05, 0.1) is 0 Å². The summed E-state index contributed by atoms with van der Waals surface area (Å²) >= 11 is 0. The van der Waals surface area contributed by atoms with Gasteiger partial charge in [-0.1, -0.05) is 230 Å². The quantitative estimate of drug-likeness (QED) is 0.0200. The van der Waals surface area contributed by atoms with Crippen LogP contribution in [-0.2, 0) is 28.6 Å². The fourth-order valence-electron chi connectivity index (χ4n) is 6.04. The molecule has 0 aliphatic carbocycles. The lowest BCUT2D eigenvalue weighted by Crippen LogP contribution is -2.30. The van der Waals surface area contributed by atoms with Crippen LogP contribution in [0.15, 0.2) is 158 Å². The standard InChI is InChI=1S/C59H88O6/c1-4-7-10-13-16-19-22-25-27-29-30-32-34-37-40-43-46-49-52-58(61)64-55-56(54-63-57(60)51-48-45-42-39-36-33-24-21-18-15-12-9-6-3)65-59(62)53-50-47-44-41-38-35-31-28-26-23-20-17-14-11-8-5-2/h8-13,15-22,24-30,32-33,36,39,42,56H,4-7,14,23,31,34-35,37-38,40-41,43-55H2,1-3H3/b11-8+,12-9+,13-10+,18-15+,19-16+,20-17+,24-21+,25-22+,28-26+,29-27+,32-30+,36-33+,42-39+. The molecule has 1 unspecified atom stereocenters. The molecule has 1 atom stereocenters. The van der Waals surface area contributed by atoms with Crippen molar-refractivity contribution in [2.45, 2.75) is 181 Å². The van der Waals surface area contributed by atoms with Crippen molar-refractivity contribution >= 4 is 17.9 Å². The van der Waals surface area contributed by atoms with Crippen molar-refractivity contribution in [3.05, 3.63) is 158 Å². The van der Waals surface area contributed by atoms with Crippen molar-refractivity contribution in [1.29, 1.82) is 0 Å². The molecule has 0 radical (unpaired) electrons. The highest BCUT2D eigenvalue weighted by molar-refractivity contribution is 5.71. The number of rotatable bonds is 42. The van der Waals surface area contributed by atoms with Gasteiger partial charge in [0.1, 0.15) is 13.2 Å². The fraction of sp³-hybridized carbons (Fsp3) is 0.508. The molecule has 360 valence electrons. The van der Waals surface area contributed by atoms with E-state index in [4.69, 9.17) is 14.2 Å². The maximum Gasteiger partial charge on any atom is 0.306 e. The second-order valence-electron chi connectivity index (χ2n) is 15.8. The minimum atomic E-state index is -0.832. The van der Waals surface area contributed by atoms with Crippen LogP contribution in [-0.4, -0.2) is 37.2 Å². The molecule has 0 fully saturated rings. The highest BCUT2D eigenvalue weighted by Gasteiger charge is 2.19. The van der Waals surface area contributed by atoms with Crippen LogP contribution in [0.1, 0.15) is 175 Å². The van der Waals surface area contributed by atoms with Crippen LogP contribution in [0, 0.1) is 0 Å². The lowest BCUT2D eigenvalue weighted by atomic mass is 10.1. The molecule has 0 aliphatic heterocycles. The summed E-state index contributed by atoms with van der Waals surface area (Å²) in [6.45, 7) is 6.16. The summed E-state index contributed by atoms with van der Waals surface area (Å²) in [6.07, 6.45) is 75.1. The molecule has 0 spiro atoms. The van der Waals surface area contributed by atoms with Gasteiger partial charge in [0.25, 0.3) is 0 Å². The SMILES string of the molecule is CC/C=C/C=C/C=C/C=C/C=C/CCCC(=O)OCC(COC(=O)CCCCCCC/C=C/C=C/C=C/C=C/C=C/CCC)OC(=O)CCCCCCCC/C=C/C/C=C/C/C=C/CC. The van der Waals surface area contributed by atoms with Crippen molar-refractivity contribution in [2.75, 3.05) is 13.2 Å². The molecule has 0 aliphatic rings. The summed E-state index contributed by atoms with van der Waals surface area (Å²) in [5, 5.41) is 0. The van der Waals surface area contributed by atoms with Crippen molar-refractivity contribution in [1.82, 2.24) is 0 Å². The summed E-state index contributed by atoms with van der Waals surface area (Å²) in [6, 6.07) is 0. The molecule has 0 heterocycles. The van der Waals surface area contributed by atoms with Crippen molar-refractivity contribution in [2.24, 2.45) is 0 Å². The van der Waals surface area contributed by atoms with Gasteiger partial charge in [0.15, 0.2) is 6.10 Å². The average Bonchev–Trinajstić information content (AvgIpc) is 3.30. The van der Waals surface area contributed by atoms with Crippen molar-refractivity contribution in [3.8, 4) is 0 Å². The molecule has 0 saturated heterocycles. The topological polar surface area (TPSA) is 78.9 Å². The normalized spacial score (nSPS) is 13.5. The van der Waals surface area contributed by atoms with E-state index in [-0.39, 0.29) is 44.0 Å². The molecule has 6 heteroatoms. The van der Waals surface area contributed by atoms with E-state index in [0.29, 0.717) is 12.8 Å². The Kier molecular flexibility index (Phi) is 47.7. The van der Waals surface area contributed by atoms with E-state index >= 15 is 0 Å². The van der Waals surface area contributed by atoms with E-state index in [1.54, 1.807) is 0 Å². The summed E-state index contributed by atoms with van der Waals surface area (Å²) < 4.78 is 16.7. The number of hydrogen-bond donors (Lipinski definition) is 0. The molecule has 6 nitrogen and oxygen atoms in total. The van der Waals surface area contributed by atoms with Crippen LogP contribution in [0.25, 0.3) is 0 Å². The minimum absolute atomic E-state index is 0.128. The van der Waals surface area contributed by atoms with Crippen LogP contribution in [0.4, 0.5) is 0 Å². The van der Waals surface area contributed by atoms with Gasteiger partial charge in [-0.3, -0.25) is 14.4 Å². The first-order valence-electron chi connectivity index (χ1n) is 25.1. The molecule has 0 aromatic rings. The number of hydrogen-bond acceptors (Lipinski definition) is 6. The zero-order valence-electron chi connectivity index (χ0n) is 40.9. The highest BCUT2D eigenvalue weighted by atomic mass is 16.6. The summed E-state index contributed by atoms with van der Waals surface area (Å²) in [5.74, 6) is -1.06. The lowest BCUT2D eigenvalue weighted by molar-refractivity contribution is -0.167. The predicted molar refractivity (Wildman–Crippen MR) is 278 cm³/mol. The first-order valence-corrected chi connectivity index (χ1v) is 25.1. The molecule has 0 aromatic carbocycles. The van der Waals surface area contributed by atoms with Crippen LogP contribution < -0.4 is 0 Å². The Balaban J connectivity index is 4.59. The first kappa shape index (κ1) is 60.0. The first-order chi connectivity index (χ1) is 32.0. The summed E-state index contributed by atoms with van der Waals surface area (Å²) in [4.78, 5) is 38.0. The number of ether oxygens (including phenoxy) is 3. The van der Waals surface area contributed by atoms with Gasteiger partial charge in [0.2, 0.25) is 0 Å². The van der Waals surface area contributed by atoms with E-state index in [1.165, 1.54) is 19.3 Å². The second kappa shape index (κ2) is 51.7. The van der Waals surface area contributed by atoms with Crippen molar-refractivity contribution in [3.63, 3.8) is 0 Å². The zero-order valence-corrected chi connectivity index (χ0v) is 40.9. The maximum atomic E-state index is 12.8. The number of unbranched alkanes of at least 4 members (excludes halogenated alkanes) is 13. The third-order valence-corrected chi connectivity index (χ3v) is 9.73. The van der Waals surface area contributed by atoms with Gasteiger partial charge < -0.3 is 14.2 Å². The Morgan fingerprint density at radius 3 is 1.18 bits per heavy atom. The van der Waals surface area contributed by atoms with E-state index in [2.05, 4.69) is 87.6 Å². The van der Waals surface area contributed by atoms with E-state index < -0.39 is 6.10 Å². The Morgan fingerprint density at radius 1 is 0.338 bits per heavy atom. The molecule has 0 saturated carbocycles. The zero-order chi connectivity index (χ0) is 47.2. The minimum Gasteiger partial charge on any atom is -0.462 e. The third-order valence-electron chi connectivity index (χ3n) is 9.73. The van der Waals surface area contributed by atoms with Gasteiger partial charge in [0, 0.05) is 19.3 Å². The molecular formula is C59H88O6. The average molecular weight is 893 g/mol. The van der Waals surface area contributed by atoms with Gasteiger partial charge in [-0.25, -0.2) is 0 Å². The Labute approximate surface area is 397 Å². The predicted octanol–water partition coefficient (Wildman–Crippen LogP) is 16.6. The van der Waals surface area contributed by atoms with Gasteiger partial charge >= 0.3 is 17.9 Å². The highest BCUT2D eigenvalue weighted by Crippen LogP contribution is 2.12. The Hall–Kier alpha value is -4.97. The fourth-order valence-corrected chi connectivity index (χ4v) is 6.04. The molecule has 65 heavy (non-hydrogen) atoms. The monoisotopic (exact) mass is 893 g/mol. The molecule has 0 N–H and O–H groups in total. The Morgan fingerprint density at radius 2 is 0.692 bits per heavy atom. The van der Waals surface area contributed by atoms with E-state index in [9.17, 15) is 14.4 Å². The van der Waals surface area contributed by atoms with Crippen LogP contribution in [0.3, 0.4) is 0 Å². The second-order valence-corrected chi connectivity index (χ2v) is 15.8. The summed E-state index contributed by atoms with van der Waals surface area (Å²) in [5.41, 5.74) is 0. The number of esters is 3. The van der Waals surface area contributed by atoms with E-state index in [0.717, 1.165) is 109 Å². The van der Waals surface area contributed by atoms with Crippen LogP contribution >= 0.6 is 0 Å². The van der Waals surface area contributed by atoms with Gasteiger partial charge in [-0.15, -0.1) is 0 Å². The van der Waals surface area contributed by atoms with Crippen molar-refractivity contribution < 1.29 is 28.6 Å². The molecule has 0 rings (SSSR count). The Bertz CT molecular complexity index is 1540. The smallest absolute Gasteiger partial charge is 0.306 e. The lowest BCUT2D eigenvalue weighted by Gasteiger charge is -2.18. The summed E-state index contributed by atoms with van der Waals surface area (Å²) in [7, 11) is 0. The molecule has 0 amide bonds. The molecular weight excluding hydrogens is 805 g/mol. The molecule has 0 aromatic heterocycles. The number of carbonyl (C=O) groups is 3. The maximum absolute atomic E-state index is 12.8. The number of carbonyl (C=O) groups excluding carboxylic acids is 3. The molecule has 0 bridgehead atoms. The third kappa shape index (κ3) is 49.9. The van der Waals surface area contributed by atoms with Gasteiger partial charge in [-0.05, 0) is 83.5 Å².